The van der Waals surface area contributed by atoms with Gasteiger partial charge in [-0.05, 0) is 47.5 Å². The number of carbonyl (C=O) groups is 1. The summed E-state index contributed by atoms with van der Waals surface area (Å²) in [5.41, 5.74) is 1.19. The van der Waals surface area contributed by atoms with Gasteiger partial charge in [0.15, 0.2) is 0 Å². The Balaban J connectivity index is 1.72. The molecule has 0 saturated heterocycles. The molecule has 0 aliphatic heterocycles. The normalized spacial score (nSPS) is 11.4. The molecule has 5 nitrogen and oxygen atoms in total. The van der Waals surface area contributed by atoms with Crippen molar-refractivity contribution in [2.75, 3.05) is 6.61 Å². The molecule has 0 heterocycles. The molecule has 0 aliphatic carbocycles. The maximum absolute atomic E-state index is 12.5. The molecular formula is C20H19NO4S. The van der Waals surface area contributed by atoms with Crippen molar-refractivity contribution in [3.05, 3.63) is 77.9 Å². The second-order valence-corrected chi connectivity index (χ2v) is 7.52. The van der Waals surface area contributed by atoms with Crippen LogP contribution in [-0.2, 0) is 21.3 Å². The van der Waals surface area contributed by atoms with E-state index in [4.69, 9.17) is 4.74 Å². The summed E-state index contributed by atoms with van der Waals surface area (Å²) in [6.07, 6.45) is 0. The summed E-state index contributed by atoms with van der Waals surface area (Å²) in [4.78, 5) is 11.9. The maximum atomic E-state index is 12.5. The Morgan fingerprint density at radius 1 is 0.962 bits per heavy atom. The lowest BCUT2D eigenvalue weighted by atomic mass is 10.1. The van der Waals surface area contributed by atoms with Gasteiger partial charge >= 0.3 is 5.97 Å². The Morgan fingerprint density at radius 2 is 1.65 bits per heavy atom. The van der Waals surface area contributed by atoms with Crippen LogP contribution in [0.3, 0.4) is 0 Å². The summed E-state index contributed by atoms with van der Waals surface area (Å²) >= 11 is 0. The van der Waals surface area contributed by atoms with E-state index in [1.54, 1.807) is 49.4 Å². The number of esters is 1. The van der Waals surface area contributed by atoms with Gasteiger partial charge in [0.1, 0.15) is 0 Å². The van der Waals surface area contributed by atoms with Crippen LogP contribution < -0.4 is 4.72 Å². The van der Waals surface area contributed by atoms with Crippen LogP contribution in [0.5, 0.6) is 0 Å². The smallest absolute Gasteiger partial charge is 0.338 e. The molecule has 0 aliphatic rings. The molecule has 0 aromatic heterocycles. The van der Waals surface area contributed by atoms with E-state index in [9.17, 15) is 13.2 Å². The minimum atomic E-state index is -3.63. The molecule has 0 amide bonds. The second-order valence-electron chi connectivity index (χ2n) is 5.75. The van der Waals surface area contributed by atoms with Crippen molar-refractivity contribution >= 4 is 26.8 Å². The van der Waals surface area contributed by atoms with Crippen LogP contribution in [0.1, 0.15) is 22.8 Å². The van der Waals surface area contributed by atoms with Crippen LogP contribution in [0.2, 0.25) is 0 Å². The number of rotatable bonds is 6. The molecule has 3 aromatic carbocycles. The van der Waals surface area contributed by atoms with E-state index in [2.05, 4.69) is 4.72 Å². The summed E-state index contributed by atoms with van der Waals surface area (Å²) in [5.74, 6) is -0.393. The number of nitrogens with one attached hydrogen (secondary N) is 1. The molecule has 3 aromatic rings. The Morgan fingerprint density at radius 3 is 2.35 bits per heavy atom. The van der Waals surface area contributed by atoms with Gasteiger partial charge in [0, 0.05) is 6.54 Å². The lowest BCUT2D eigenvalue weighted by molar-refractivity contribution is 0.0526. The molecule has 6 heteroatoms. The third-order valence-electron chi connectivity index (χ3n) is 3.96. The van der Waals surface area contributed by atoms with Gasteiger partial charge in [0.05, 0.1) is 17.1 Å². The SMILES string of the molecule is CCOC(=O)c1ccc(CNS(=O)(=O)c2ccc3ccccc3c2)cc1. The first-order valence-electron chi connectivity index (χ1n) is 8.24. The van der Waals surface area contributed by atoms with E-state index in [0.29, 0.717) is 12.2 Å². The molecule has 0 bridgehead atoms. The zero-order chi connectivity index (χ0) is 18.6. The average Bonchev–Trinajstić information content (AvgIpc) is 2.66. The van der Waals surface area contributed by atoms with Crippen LogP contribution >= 0.6 is 0 Å². The standard InChI is InChI=1S/C20H19NO4S/c1-2-25-20(22)17-9-7-15(8-10-17)14-21-26(23,24)19-12-11-16-5-3-4-6-18(16)13-19/h3-13,21H,2,14H2,1H3. The first kappa shape index (κ1) is 18.1. The largest absolute Gasteiger partial charge is 0.462 e. The first-order valence-corrected chi connectivity index (χ1v) is 9.72. The van der Waals surface area contributed by atoms with Gasteiger partial charge in [-0.2, -0.15) is 0 Å². The summed E-state index contributed by atoms with van der Waals surface area (Å²) in [6.45, 7) is 2.19. The second kappa shape index (κ2) is 7.68. The number of hydrogen-bond donors (Lipinski definition) is 1. The molecule has 134 valence electrons. The predicted octanol–water partition coefficient (Wildman–Crippen LogP) is 3.50. The first-order chi connectivity index (χ1) is 12.5. The van der Waals surface area contributed by atoms with Crippen molar-refractivity contribution in [2.24, 2.45) is 0 Å². The molecule has 0 saturated carbocycles. The highest BCUT2D eigenvalue weighted by Crippen LogP contribution is 2.19. The maximum Gasteiger partial charge on any atom is 0.338 e. The number of carbonyl (C=O) groups excluding carboxylic acids is 1. The van der Waals surface area contributed by atoms with Gasteiger partial charge in [-0.15, -0.1) is 0 Å². The Hall–Kier alpha value is -2.70. The highest BCUT2D eigenvalue weighted by molar-refractivity contribution is 7.89. The average molecular weight is 369 g/mol. The van der Waals surface area contributed by atoms with Crippen molar-refractivity contribution in [1.82, 2.24) is 4.72 Å². The molecule has 0 spiro atoms. The Labute approximate surface area is 152 Å². The fourth-order valence-electron chi connectivity index (χ4n) is 2.57. The lowest BCUT2D eigenvalue weighted by Crippen LogP contribution is -2.23. The molecule has 0 unspecified atom stereocenters. The molecule has 0 atom stereocenters. The number of sulfonamides is 1. The number of ether oxygens (including phenoxy) is 1. The third kappa shape index (κ3) is 4.09. The van der Waals surface area contributed by atoms with Crippen LogP contribution in [0.25, 0.3) is 10.8 Å². The van der Waals surface area contributed by atoms with Crippen molar-refractivity contribution < 1.29 is 17.9 Å². The number of benzene rings is 3. The third-order valence-corrected chi connectivity index (χ3v) is 5.36. The van der Waals surface area contributed by atoms with E-state index >= 15 is 0 Å². The topological polar surface area (TPSA) is 72.5 Å². The van der Waals surface area contributed by atoms with E-state index in [1.807, 2.05) is 24.3 Å². The summed E-state index contributed by atoms with van der Waals surface area (Å²) in [5, 5.41) is 1.86. The summed E-state index contributed by atoms with van der Waals surface area (Å²) < 4.78 is 32.6. The van der Waals surface area contributed by atoms with E-state index < -0.39 is 16.0 Å². The van der Waals surface area contributed by atoms with Crippen LogP contribution in [0.15, 0.2) is 71.6 Å². The highest BCUT2D eigenvalue weighted by atomic mass is 32.2. The van der Waals surface area contributed by atoms with Gasteiger partial charge in [-0.1, -0.05) is 42.5 Å². The molecular weight excluding hydrogens is 350 g/mol. The monoisotopic (exact) mass is 369 g/mol. The quantitative estimate of drug-likeness (QED) is 0.675. The fourth-order valence-corrected chi connectivity index (χ4v) is 3.62. The van der Waals surface area contributed by atoms with E-state index in [0.717, 1.165) is 16.3 Å². The molecule has 26 heavy (non-hydrogen) atoms. The highest BCUT2D eigenvalue weighted by Gasteiger charge is 2.14. The van der Waals surface area contributed by atoms with Gasteiger partial charge in [0.25, 0.3) is 0 Å². The predicted molar refractivity (Wildman–Crippen MR) is 100 cm³/mol. The minimum Gasteiger partial charge on any atom is -0.462 e. The zero-order valence-corrected chi connectivity index (χ0v) is 15.1. The van der Waals surface area contributed by atoms with Crippen molar-refractivity contribution in [2.45, 2.75) is 18.4 Å². The van der Waals surface area contributed by atoms with Gasteiger partial charge in [-0.25, -0.2) is 17.9 Å². The number of hydrogen-bond acceptors (Lipinski definition) is 4. The Kier molecular flexibility index (Phi) is 5.35. The molecule has 1 N–H and O–H groups in total. The van der Waals surface area contributed by atoms with E-state index in [1.165, 1.54) is 0 Å². The summed E-state index contributed by atoms with van der Waals surface area (Å²) in [6, 6.07) is 19.3. The number of fused-ring (bicyclic) bond motifs is 1. The lowest BCUT2D eigenvalue weighted by Gasteiger charge is -2.09. The van der Waals surface area contributed by atoms with E-state index in [-0.39, 0.29) is 11.4 Å². The Bertz CT molecular complexity index is 1030. The van der Waals surface area contributed by atoms with Crippen molar-refractivity contribution in [1.29, 1.82) is 0 Å². The zero-order valence-electron chi connectivity index (χ0n) is 14.3. The van der Waals surface area contributed by atoms with Crippen LogP contribution in [0.4, 0.5) is 0 Å². The van der Waals surface area contributed by atoms with Crippen molar-refractivity contribution in [3.8, 4) is 0 Å². The summed E-state index contributed by atoms with van der Waals surface area (Å²) in [7, 11) is -3.63. The van der Waals surface area contributed by atoms with Gasteiger partial charge in [0.2, 0.25) is 10.0 Å². The van der Waals surface area contributed by atoms with Crippen molar-refractivity contribution in [3.63, 3.8) is 0 Å². The molecule has 0 fully saturated rings. The molecule has 0 radical (unpaired) electrons. The van der Waals surface area contributed by atoms with Crippen LogP contribution in [0, 0.1) is 0 Å². The fraction of sp³-hybridized carbons (Fsp3) is 0.150. The minimum absolute atomic E-state index is 0.137. The van der Waals surface area contributed by atoms with Gasteiger partial charge in [-0.3, -0.25) is 0 Å². The van der Waals surface area contributed by atoms with Crippen LogP contribution in [-0.4, -0.2) is 21.0 Å². The van der Waals surface area contributed by atoms with Gasteiger partial charge < -0.3 is 4.74 Å². The molecule has 3 rings (SSSR count).